The SMILES string of the molecule is N#CN1CCC[C@@H](n2nc(C3=CCC(Oc4ccc(Cl)cc4)C=C3)c(C(N)=O)c2N)C1. The van der Waals surface area contributed by atoms with Crippen LogP contribution >= 0.6 is 11.6 Å². The Bertz CT molecular complexity index is 1080. The lowest BCUT2D eigenvalue weighted by Gasteiger charge is -2.29. The summed E-state index contributed by atoms with van der Waals surface area (Å²) in [5, 5.41) is 14.5. The molecular weight excluding hydrogens is 416 g/mol. The van der Waals surface area contributed by atoms with Crippen molar-refractivity contribution >= 4 is 28.9 Å². The van der Waals surface area contributed by atoms with Crippen LogP contribution in [0.4, 0.5) is 5.82 Å². The van der Waals surface area contributed by atoms with E-state index in [9.17, 15) is 10.1 Å². The van der Waals surface area contributed by atoms with Gasteiger partial charge in [-0.2, -0.15) is 10.4 Å². The third-order valence-electron chi connectivity index (χ3n) is 5.51. The lowest BCUT2D eigenvalue weighted by Crippen LogP contribution is -2.34. The van der Waals surface area contributed by atoms with E-state index in [0.717, 1.165) is 24.2 Å². The number of ether oxygens (including phenoxy) is 1. The van der Waals surface area contributed by atoms with E-state index in [-0.39, 0.29) is 23.5 Å². The standard InChI is InChI=1S/C22H23ClN6O2/c23-15-5-9-18(10-6-15)31-17-7-3-14(4-8-17)20-19(22(26)30)21(25)29(27-20)16-2-1-11-28(12-16)13-24/h3-7,9-10,16-17H,1-2,8,11-12,25H2,(H2,26,30)/t16-,17?/m1/s1. The highest BCUT2D eigenvalue weighted by atomic mass is 35.5. The van der Waals surface area contributed by atoms with Crippen LogP contribution in [0.25, 0.3) is 5.57 Å². The molecule has 2 heterocycles. The number of nitrogen functional groups attached to an aromatic ring is 1. The summed E-state index contributed by atoms with van der Waals surface area (Å²) >= 11 is 5.91. The maximum Gasteiger partial charge on any atom is 0.254 e. The molecule has 9 heteroatoms. The van der Waals surface area contributed by atoms with Crippen molar-refractivity contribution in [2.75, 3.05) is 18.8 Å². The van der Waals surface area contributed by atoms with Crippen molar-refractivity contribution in [3.05, 3.63) is 58.8 Å². The number of carbonyl (C=O) groups excluding carboxylic acids is 1. The van der Waals surface area contributed by atoms with E-state index in [1.807, 2.05) is 30.4 Å². The molecule has 1 aromatic heterocycles. The highest BCUT2D eigenvalue weighted by molar-refractivity contribution is 6.30. The first-order valence-electron chi connectivity index (χ1n) is 10.1. The largest absolute Gasteiger partial charge is 0.486 e. The Morgan fingerprint density at radius 1 is 1.32 bits per heavy atom. The Morgan fingerprint density at radius 3 is 2.74 bits per heavy atom. The molecule has 1 aliphatic heterocycles. The lowest BCUT2D eigenvalue weighted by atomic mass is 9.99. The normalized spacial score (nSPS) is 20.8. The van der Waals surface area contributed by atoms with Crippen LogP contribution in [0.1, 0.15) is 41.4 Å². The van der Waals surface area contributed by atoms with Gasteiger partial charge in [0.05, 0.1) is 12.6 Å². The molecule has 0 saturated carbocycles. The zero-order valence-electron chi connectivity index (χ0n) is 16.9. The number of primary amides is 1. The van der Waals surface area contributed by atoms with Crippen molar-refractivity contribution in [1.29, 1.82) is 5.26 Å². The summed E-state index contributed by atoms with van der Waals surface area (Å²) in [4.78, 5) is 13.9. The number of amides is 1. The zero-order valence-corrected chi connectivity index (χ0v) is 17.6. The molecule has 1 saturated heterocycles. The molecule has 2 atom stereocenters. The van der Waals surface area contributed by atoms with Crippen molar-refractivity contribution in [3.63, 3.8) is 0 Å². The minimum absolute atomic E-state index is 0.0885. The minimum Gasteiger partial charge on any atom is -0.486 e. The van der Waals surface area contributed by atoms with Gasteiger partial charge in [-0.3, -0.25) is 4.79 Å². The van der Waals surface area contributed by atoms with Gasteiger partial charge in [0.2, 0.25) is 0 Å². The van der Waals surface area contributed by atoms with Gasteiger partial charge in [-0.1, -0.05) is 23.8 Å². The van der Waals surface area contributed by atoms with Crippen molar-refractivity contribution < 1.29 is 9.53 Å². The maximum atomic E-state index is 12.2. The van der Waals surface area contributed by atoms with Gasteiger partial charge in [0.1, 0.15) is 28.9 Å². The summed E-state index contributed by atoms with van der Waals surface area (Å²) < 4.78 is 7.60. The molecule has 1 aliphatic carbocycles. The number of nitrogens with zero attached hydrogens (tertiary/aromatic N) is 4. The van der Waals surface area contributed by atoms with Gasteiger partial charge in [0.15, 0.2) is 6.19 Å². The van der Waals surface area contributed by atoms with Crippen LogP contribution in [0.2, 0.25) is 5.02 Å². The molecule has 160 valence electrons. The maximum absolute atomic E-state index is 12.2. The number of likely N-dealkylation sites (tertiary alicyclic amines) is 1. The number of nitrogens with two attached hydrogens (primary N) is 2. The molecule has 1 aromatic carbocycles. The first-order chi connectivity index (χ1) is 15.0. The van der Waals surface area contributed by atoms with Gasteiger partial charge in [-0.25, -0.2) is 4.68 Å². The van der Waals surface area contributed by atoms with Crippen LogP contribution in [-0.2, 0) is 0 Å². The second-order valence-corrected chi connectivity index (χ2v) is 8.06. The molecule has 8 nitrogen and oxygen atoms in total. The molecule has 1 fully saturated rings. The van der Waals surface area contributed by atoms with Crippen molar-refractivity contribution in [2.45, 2.75) is 31.4 Å². The summed E-state index contributed by atoms with van der Waals surface area (Å²) in [6, 6.07) is 7.10. The molecule has 2 aromatic rings. The van der Waals surface area contributed by atoms with E-state index < -0.39 is 5.91 Å². The van der Waals surface area contributed by atoms with Gasteiger partial charge in [-0.15, -0.1) is 0 Å². The fourth-order valence-electron chi connectivity index (χ4n) is 3.97. The number of allylic oxidation sites excluding steroid dienone is 2. The van der Waals surface area contributed by atoms with Crippen LogP contribution in [0, 0.1) is 11.5 Å². The number of nitriles is 1. The van der Waals surface area contributed by atoms with Crippen molar-refractivity contribution in [3.8, 4) is 11.9 Å². The van der Waals surface area contributed by atoms with Gasteiger partial charge in [0, 0.05) is 18.0 Å². The van der Waals surface area contributed by atoms with Crippen LogP contribution < -0.4 is 16.2 Å². The smallest absolute Gasteiger partial charge is 0.254 e. The molecule has 4 rings (SSSR count). The van der Waals surface area contributed by atoms with Crippen LogP contribution in [0.3, 0.4) is 0 Å². The van der Waals surface area contributed by atoms with E-state index in [1.54, 1.807) is 21.7 Å². The van der Waals surface area contributed by atoms with Gasteiger partial charge in [-0.05, 0) is 48.8 Å². The molecule has 1 amide bonds. The Kier molecular flexibility index (Phi) is 5.87. The Balaban J connectivity index is 1.56. The highest BCUT2D eigenvalue weighted by Crippen LogP contribution is 2.32. The Labute approximate surface area is 185 Å². The number of halogens is 1. The predicted molar refractivity (Wildman–Crippen MR) is 118 cm³/mol. The Morgan fingerprint density at radius 2 is 2.10 bits per heavy atom. The van der Waals surface area contributed by atoms with E-state index in [0.29, 0.717) is 30.2 Å². The fourth-order valence-corrected chi connectivity index (χ4v) is 4.09. The second kappa shape index (κ2) is 8.74. The van der Waals surface area contributed by atoms with E-state index >= 15 is 0 Å². The topological polar surface area (TPSA) is 123 Å². The predicted octanol–water partition coefficient (Wildman–Crippen LogP) is 3.13. The molecule has 1 unspecified atom stereocenters. The van der Waals surface area contributed by atoms with E-state index in [2.05, 4.69) is 11.3 Å². The van der Waals surface area contributed by atoms with Gasteiger partial charge < -0.3 is 21.1 Å². The number of hydrogen-bond acceptors (Lipinski definition) is 6. The number of carbonyl (C=O) groups is 1. The number of aromatic nitrogens is 2. The fraction of sp³-hybridized carbons (Fsp3) is 0.318. The van der Waals surface area contributed by atoms with Crippen LogP contribution in [0.15, 0.2) is 42.5 Å². The number of rotatable bonds is 5. The van der Waals surface area contributed by atoms with E-state index in [4.69, 9.17) is 27.8 Å². The summed E-state index contributed by atoms with van der Waals surface area (Å²) in [5.41, 5.74) is 13.4. The molecular formula is C22H23ClN6O2. The third kappa shape index (κ3) is 4.37. The molecule has 2 aliphatic rings. The number of piperidine rings is 1. The highest BCUT2D eigenvalue weighted by Gasteiger charge is 2.29. The van der Waals surface area contributed by atoms with E-state index in [1.165, 1.54) is 0 Å². The number of benzene rings is 1. The van der Waals surface area contributed by atoms with Crippen LogP contribution in [0.5, 0.6) is 5.75 Å². The molecule has 0 spiro atoms. The first kappa shape index (κ1) is 20.8. The number of hydrogen-bond donors (Lipinski definition) is 2. The summed E-state index contributed by atoms with van der Waals surface area (Å²) in [6.45, 7) is 1.22. The van der Waals surface area contributed by atoms with Crippen LogP contribution in [-0.4, -0.2) is 39.8 Å². The molecule has 4 N–H and O–H groups in total. The quantitative estimate of drug-likeness (QED) is 0.691. The number of anilines is 1. The van der Waals surface area contributed by atoms with Gasteiger partial charge >= 0.3 is 0 Å². The van der Waals surface area contributed by atoms with Crippen molar-refractivity contribution in [1.82, 2.24) is 14.7 Å². The minimum atomic E-state index is -0.625. The monoisotopic (exact) mass is 438 g/mol. The first-order valence-corrected chi connectivity index (χ1v) is 10.5. The zero-order chi connectivity index (χ0) is 22.0. The lowest BCUT2D eigenvalue weighted by molar-refractivity contribution is 0.100. The second-order valence-electron chi connectivity index (χ2n) is 7.62. The molecule has 0 bridgehead atoms. The summed E-state index contributed by atoms with van der Waals surface area (Å²) in [7, 11) is 0. The Hall–Kier alpha value is -3.44. The third-order valence-corrected chi connectivity index (χ3v) is 5.76. The molecule has 31 heavy (non-hydrogen) atoms. The van der Waals surface area contributed by atoms with Gasteiger partial charge in [0.25, 0.3) is 5.91 Å². The average molecular weight is 439 g/mol. The average Bonchev–Trinajstić information content (AvgIpc) is 3.13. The molecule has 0 radical (unpaired) electrons. The summed E-state index contributed by atoms with van der Waals surface area (Å²) in [5.74, 6) is 0.336. The van der Waals surface area contributed by atoms with Crippen molar-refractivity contribution in [2.24, 2.45) is 5.73 Å². The summed E-state index contributed by atoms with van der Waals surface area (Å²) in [6.07, 6.45) is 10.1.